The molecule has 0 fully saturated rings. The van der Waals surface area contributed by atoms with Crippen molar-refractivity contribution in [2.24, 2.45) is 5.92 Å². The highest BCUT2D eigenvalue weighted by atomic mass is 35.5. The monoisotopic (exact) mass is 645 g/mol. The molecule has 236 valence electrons. The number of nitrogens with one attached hydrogen (secondary N) is 1. The minimum atomic E-state index is -4.16. The maximum atomic E-state index is 14.6. The largest absolute Gasteiger partial charge is 0.354 e. The summed E-state index contributed by atoms with van der Waals surface area (Å²) in [7, 11) is -4.16. The molecular formula is C36H40ClN3O4S. The summed E-state index contributed by atoms with van der Waals surface area (Å²) >= 11 is 6.32. The second-order valence-corrected chi connectivity index (χ2v) is 13.6. The van der Waals surface area contributed by atoms with Crippen LogP contribution >= 0.6 is 11.6 Å². The summed E-state index contributed by atoms with van der Waals surface area (Å²) in [5.41, 5.74) is 2.79. The van der Waals surface area contributed by atoms with Gasteiger partial charge in [0.05, 0.1) is 10.6 Å². The summed E-state index contributed by atoms with van der Waals surface area (Å²) in [5.74, 6) is -0.629. The van der Waals surface area contributed by atoms with Crippen LogP contribution in [0.5, 0.6) is 0 Å². The van der Waals surface area contributed by atoms with Crippen molar-refractivity contribution in [1.82, 2.24) is 10.2 Å². The van der Waals surface area contributed by atoms with Crippen LogP contribution in [0.4, 0.5) is 5.69 Å². The maximum Gasteiger partial charge on any atom is 0.264 e. The fourth-order valence-corrected chi connectivity index (χ4v) is 6.78. The third-order valence-electron chi connectivity index (χ3n) is 7.45. The molecule has 45 heavy (non-hydrogen) atoms. The molecule has 0 aliphatic heterocycles. The lowest BCUT2D eigenvalue weighted by Gasteiger charge is -2.34. The second-order valence-electron chi connectivity index (χ2n) is 11.3. The van der Waals surface area contributed by atoms with Crippen LogP contribution in [0.2, 0.25) is 5.02 Å². The van der Waals surface area contributed by atoms with Gasteiger partial charge in [-0.2, -0.15) is 0 Å². The Labute approximate surface area is 271 Å². The lowest BCUT2D eigenvalue weighted by Crippen LogP contribution is -2.53. The minimum absolute atomic E-state index is 0.0562. The molecule has 7 nitrogen and oxygen atoms in total. The minimum Gasteiger partial charge on any atom is -0.354 e. The molecule has 0 spiro atoms. The molecule has 1 N–H and O–H groups in total. The smallest absolute Gasteiger partial charge is 0.264 e. The predicted octanol–water partition coefficient (Wildman–Crippen LogP) is 6.51. The number of benzene rings is 4. The molecule has 0 radical (unpaired) electrons. The number of sulfonamides is 1. The molecule has 4 aromatic rings. The summed E-state index contributed by atoms with van der Waals surface area (Å²) in [6, 6.07) is 30.9. The van der Waals surface area contributed by atoms with E-state index in [-0.39, 0.29) is 29.7 Å². The maximum absolute atomic E-state index is 14.6. The summed E-state index contributed by atoms with van der Waals surface area (Å²) in [6.45, 7) is 5.92. The number of nitrogens with zero attached hydrogens (tertiary/aromatic N) is 2. The molecular weight excluding hydrogens is 606 g/mol. The van der Waals surface area contributed by atoms with Gasteiger partial charge in [-0.3, -0.25) is 13.9 Å². The molecule has 0 heterocycles. The predicted molar refractivity (Wildman–Crippen MR) is 181 cm³/mol. The second kappa shape index (κ2) is 15.7. The Kier molecular flexibility index (Phi) is 11.8. The zero-order valence-corrected chi connectivity index (χ0v) is 27.5. The van der Waals surface area contributed by atoms with Gasteiger partial charge in [0.2, 0.25) is 11.8 Å². The average Bonchev–Trinajstić information content (AvgIpc) is 3.04. The van der Waals surface area contributed by atoms with Crippen molar-refractivity contribution in [2.75, 3.05) is 17.4 Å². The van der Waals surface area contributed by atoms with E-state index in [0.29, 0.717) is 23.7 Å². The molecule has 0 aliphatic carbocycles. The van der Waals surface area contributed by atoms with Crippen molar-refractivity contribution < 1.29 is 18.0 Å². The lowest BCUT2D eigenvalue weighted by atomic mass is 10.0. The van der Waals surface area contributed by atoms with E-state index in [1.165, 1.54) is 21.3 Å². The number of halogens is 1. The van der Waals surface area contributed by atoms with E-state index in [4.69, 9.17) is 11.6 Å². The van der Waals surface area contributed by atoms with Gasteiger partial charge in [-0.15, -0.1) is 0 Å². The van der Waals surface area contributed by atoms with Crippen molar-refractivity contribution in [3.05, 3.63) is 131 Å². The number of hydrogen-bond donors (Lipinski definition) is 1. The van der Waals surface area contributed by atoms with E-state index in [9.17, 15) is 18.0 Å². The fourth-order valence-electron chi connectivity index (χ4n) is 5.09. The Hall–Kier alpha value is -4.14. The molecule has 4 rings (SSSR count). The molecule has 0 aliphatic rings. The Balaban J connectivity index is 1.82. The van der Waals surface area contributed by atoms with Crippen LogP contribution in [0.3, 0.4) is 0 Å². The highest BCUT2D eigenvalue weighted by Gasteiger charge is 2.35. The number of anilines is 1. The van der Waals surface area contributed by atoms with Gasteiger partial charge in [0.15, 0.2) is 0 Å². The van der Waals surface area contributed by atoms with Crippen molar-refractivity contribution in [3.8, 4) is 0 Å². The average molecular weight is 646 g/mol. The first kappa shape index (κ1) is 33.7. The number of rotatable bonds is 14. The molecule has 4 aromatic carbocycles. The molecule has 2 amide bonds. The third kappa shape index (κ3) is 8.96. The van der Waals surface area contributed by atoms with Crippen molar-refractivity contribution in [2.45, 2.75) is 51.1 Å². The van der Waals surface area contributed by atoms with Crippen LogP contribution in [0.25, 0.3) is 0 Å². The number of aryl methyl sites for hydroxylation is 1. The van der Waals surface area contributed by atoms with Gasteiger partial charge in [0.25, 0.3) is 10.0 Å². The molecule has 0 bridgehead atoms. The zero-order chi connectivity index (χ0) is 32.4. The molecule has 1 unspecified atom stereocenters. The van der Waals surface area contributed by atoms with Gasteiger partial charge in [0, 0.05) is 24.5 Å². The summed E-state index contributed by atoms with van der Waals surface area (Å²) in [5, 5.41) is 3.50. The van der Waals surface area contributed by atoms with Gasteiger partial charge in [-0.05, 0) is 59.4 Å². The summed E-state index contributed by atoms with van der Waals surface area (Å²) in [4.78, 5) is 30.0. The van der Waals surface area contributed by atoms with E-state index in [0.717, 1.165) is 16.7 Å². The number of carbonyl (C=O) groups is 2. The Morgan fingerprint density at radius 2 is 1.44 bits per heavy atom. The number of hydrogen-bond acceptors (Lipinski definition) is 4. The van der Waals surface area contributed by atoms with Crippen LogP contribution in [0, 0.1) is 5.92 Å². The molecule has 1 atom stereocenters. The van der Waals surface area contributed by atoms with Crippen molar-refractivity contribution in [3.63, 3.8) is 0 Å². The van der Waals surface area contributed by atoms with E-state index >= 15 is 0 Å². The van der Waals surface area contributed by atoms with Gasteiger partial charge in [-0.1, -0.05) is 111 Å². The normalized spacial score (nSPS) is 12.0. The quantitative estimate of drug-likeness (QED) is 0.169. The fraction of sp³-hybridized carbons (Fsp3) is 0.278. The molecule has 0 saturated heterocycles. The van der Waals surface area contributed by atoms with Crippen molar-refractivity contribution in [1.29, 1.82) is 0 Å². The highest BCUT2D eigenvalue weighted by molar-refractivity contribution is 7.92. The number of carbonyl (C=O) groups excluding carboxylic acids is 2. The van der Waals surface area contributed by atoms with Crippen molar-refractivity contribution >= 4 is 39.1 Å². The van der Waals surface area contributed by atoms with Crippen LogP contribution in [0.1, 0.15) is 37.5 Å². The van der Waals surface area contributed by atoms with E-state index in [2.05, 4.69) is 5.32 Å². The Morgan fingerprint density at radius 1 is 0.822 bits per heavy atom. The van der Waals surface area contributed by atoms with Crippen LogP contribution < -0.4 is 9.62 Å². The van der Waals surface area contributed by atoms with Gasteiger partial charge in [0.1, 0.15) is 12.6 Å². The van der Waals surface area contributed by atoms with Gasteiger partial charge < -0.3 is 10.2 Å². The van der Waals surface area contributed by atoms with Gasteiger partial charge in [-0.25, -0.2) is 8.42 Å². The first-order valence-corrected chi connectivity index (χ1v) is 16.9. The number of amides is 2. The van der Waals surface area contributed by atoms with E-state index in [1.54, 1.807) is 48.5 Å². The number of para-hydroxylation sites is 1. The first-order valence-electron chi connectivity index (χ1n) is 15.1. The summed E-state index contributed by atoms with van der Waals surface area (Å²) < 4.78 is 29.6. The standard InChI is InChI=1S/C36H40ClN3O4S/c1-4-30-17-11-12-21-33(30)40(45(43,44)32-19-9-6-10-20-32)26-35(41)39(25-29-16-13-18-31(37)22-29)34(36(42)38-24-27(2)3)23-28-14-7-5-8-15-28/h5-22,27,34H,4,23-26H2,1-3H3,(H,38,42). The van der Waals surface area contributed by atoms with Crippen LogP contribution in [-0.2, 0) is 39.0 Å². The molecule has 0 aromatic heterocycles. The Bertz CT molecular complexity index is 1680. The topological polar surface area (TPSA) is 86.8 Å². The molecule has 0 saturated carbocycles. The van der Waals surface area contributed by atoms with E-state index in [1.807, 2.05) is 69.3 Å². The summed E-state index contributed by atoms with van der Waals surface area (Å²) in [6.07, 6.45) is 0.805. The first-order chi connectivity index (χ1) is 21.6. The lowest BCUT2D eigenvalue weighted by molar-refractivity contribution is -0.140. The van der Waals surface area contributed by atoms with Crippen LogP contribution in [0.15, 0.2) is 114 Å². The van der Waals surface area contributed by atoms with Gasteiger partial charge >= 0.3 is 0 Å². The van der Waals surface area contributed by atoms with Crippen LogP contribution in [-0.4, -0.2) is 44.3 Å². The highest BCUT2D eigenvalue weighted by Crippen LogP contribution is 2.28. The molecule has 9 heteroatoms. The van der Waals surface area contributed by atoms with E-state index < -0.39 is 28.5 Å². The Morgan fingerprint density at radius 3 is 2.09 bits per heavy atom. The SMILES string of the molecule is CCc1ccccc1N(CC(=O)N(Cc1cccc(Cl)c1)C(Cc1ccccc1)C(=O)NCC(C)C)S(=O)(=O)c1ccccc1. The third-order valence-corrected chi connectivity index (χ3v) is 9.46. The zero-order valence-electron chi connectivity index (χ0n) is 25.9.